The lowest BCUT2D eigenvalue weighted by Gasteiger charge is -2.22. The maximum Gasteiger partial charge on any atom is 0.195 e. The van der Waals surface area contributed by atoms with Crippen LogP contribution in [0.4, 0.5) is 0 Å². The highest BCUT2D eigenvalue weighted by atomic mass is 32.2. The molecule has 84 valence electrons. The van der Waals surface area contributed by atoms with Crippen molar-refractivity contribution in [2.24, 2.45) is 0 Å². The Hall–Kier alpha value is -0.290. The summed E-state index contributed by atoms with van der Waals surface area (Å²) in [5.41, 5.74) is 0. The zero-order valence-corrected chi connectivity index (χ0v) is 10.8. The van der Waals surface area contributed by atoms with E-state index in [0.717, 1.165) is 10.6 Å². The van der Waals surface area contributed by atoms with Crippen LogP contribution in [0.25, 0.3) is 0 Å². The lowest BCUT2D eigenvalue weighted by atomic mass is 10.2. The molecule has 1 unspecified atom stereocenters. The van der Waals surface area contributed by atoms with E-state index in [0.29, 0.717) is 11.3 Å². The van der Waals surface area contributed by atoms with Gasteiger partial charge in [0.05, 0.1) is 5.25 Å². The average molecular weight is 243 g/mol. The van der Waals surface area contributed by atoms with Gasteiger partial charge >= 0.3 is 0 Å². The molecule has 3 nitrogen and oxygen atoms in total. The Morgan fingerprint density at radius 2 is 2.33 bits per heavy atom. The van der Waals surface area contributed by atoms with E-state index < -0.39 is 0 Å². The molecule has 0 bridgehead atoms. The Balaban J connectivity index is 2.30. The molecule has 0 spiro atoms. The first-order valence-electron chi connectivity index (χ1n) is 5.48. The van der Waals surface area contributed by atoms with Crippen LogP contribution in [0.1, 0.15) is 50.2 Å². The summed E-state index contributed by atoms with van der Waals surface area (Å²) in [6, 6.07) is 0.397. The number of aromatic amines is 1. The second kappa shape index (κ2) is 4.70. The largest absolute Gasteiger partial charge is 0.301 e. The van der Waals surface area contributed by atoms with E-state index in [2.05, 4.69) is 28.6 Å². The zero-order valence-electron chi connectivity index (χ0n) is 9.19. The third kappa shape index (κ3) is 2.28. The third-order valence-electron chi connectivity index (χ3n) is 2.72. The molecule has 0 saturated carbocycles. The molecule has 1 aliphatic rings. The number of aromatic nitrogens is 3. The minimum absolute atomic E-state index is 0.397. The van der Waals surface area contributed by atoms with Gasteiger partial charge in [-0.1, -0.05) is 6.42 Å². The van der Waals surface area contributed by atoms with Crippen molar-refractivity contribution >= 4 is 24.0 Å². The standard InChI is InChI=1S/C10H17N3S2/c1-7(2)13-9(11-12-10(13)14)8-5-3-4-6-15-8/h7-8H,3-6H2,1-2H3,(H,12,14). The van der Waals surface area contributed by atoms with E-state index in [1.807, 2.05) is 11.8 Å². The van der Waals surface area contributed by atoms with E-state index >= 15 is 0 Å². The second-order valence-corrected chi connectivity index (χ2v) is 5.90. The van der Waals surface area contributed by atoms with Crippen LogP contribution in [0, 0.1) is 4.77 Å². The van der Waals surface area contributed by atoms with Gasteiger partial charge in [-0.05, 0) is 44.7 Å². The van der Waals surface area contributed by atoms with Crippen LogP contribution in [-0.2, 0) is 0 Å². The highest BCUT2D eigenvalue weighted by Gasteiger charge is 2.22. The van der Waals surface area contributed by atoms with E-state index in [1.54, 1.807) is 0 Å². The number of H-pyrrole nitrogens is 1. The van der Waals surface area contributed by atoms with Gasteiger partial charge in [0.1, 0.15) is 5.82 Å². The predicted molar refractivity (Wildman–Crippen MR) is 66.8 cm³/mol. The van der Waals surface area contributed by atoms with Crippen molar-refractivity contribution in [1.82, 2.24) is 14.8 Å². The lowest BCUT2D eigenvalue weighted by Crippen LogP contribution is -2.12. The number of rotatable bonds is 2. The molecule has 2 heterocycles. The quantitative estimate of drug-likeness (QED) is 0.807. The zero-order chi connectivity index (χ0) is 10.8. The summed E-state index contributed by atoms with van der Waals surface area (Å²) in [7, 11) is 0. The van der Waals surface area contributed by atoms with Crippen molar-refractivity contribution < 1.29 is 0 Å². The Labute approximate surface area is 99.7 Å². The van der Waals surface area contributed by atoms with Crippen LogP contribution in [0.3, 0.4) is 0 Å². The van der Waals surface area contributed by atoms with Gasteiger partial charge in [0.15, 0.2) is 4.77 Å². The van der Waals surface area contributed by atoms with Crippen LogP contribution >= 0.6 is 24.0 Å². The normalized spacial score (nSPS) is 22.2. The number of hydrogen-bond donors (Lipinski definition) is 1. The highest BCUT2D eigenvalue weighted by molar-refractivity contribution is 7.99. The minimum atomic E-state index is 0.397. The van der Waals surface area contributed by atoms with Gasteiger partial charge in [-0.25, -0.2) is 0 Å². The molecule has 0 aromatic carbocycles. The van der Waals surface area contributed by atoms with Crippen LogP contribution in [-0.4, -0.2) is 20.5 Å². The minimum Gasteiger partial charge on any atom is -0.301 e. The number of hydrogen-bond acceptors (Lipinski definition) is 3. The Kier molecular flexibility index (Phi) is 3.51. The van der Waals surface area contributed by atoms with E-state index in [-0.39, 0.29) is 0 Å². The summed E-state index contributed by atoms with van der Waals surface area (Å²) in [4.78, 5) is 0. The fourth-order valence-electron chi connectivity index (χ4n) is 1.99. The fraction of sp³-hybridized carbons (Fsp3) is 0.800. The maximum absolute atomic E-state index is 5.25. The molecule has 0 amide bonds. The maximum atomic E-state index is 5.25. The lowest BCUT2D eigenvalue weighted by molar-refractivity contribution is 0.541. The SMILES string of the molecule is CC(C)n1c(C2CCCCS2)n[nH]c1=S. The number of thioether (sulfide) groups is 1. The molecular weight excluding hydrogens is 226 g/mol. The molecule has 1 saturated heterocycles. The molecule has 2 rings (SSSR count). The second-order valence-electron chi connectivity index (χ2n) is 4.21. The molecule has 0 aliphatic carbocycles. The molecule has 0 radical (unpaired) electrons. The predicted octanol–water partition coefficient (Wildman–Crippen LogP) is 3.48. The highest BCUT2D eigenvalue weighted by Crippen LogP contribution is 2.37. The van der Waals surface area contributed by atoms with Crippen molar-refractivity contribution in [2.75, 3.05) is 5.75 Å². The summed E-state index contributed by atoms with van der Waals surface area (Å²) in [5, 5.41) is 7.84. The molecule has 1 fully saturated rings. The first kappa shape index (κ1) is 11.2. The van der Waals surface area contributed by atoms with Gasteiger partial charge in [-0.2, -0.15) is 16.9 Å². The molecule has 1 aromatic rings. The van der Waals surface area contributed by atoms with Gasteiger partial charge in [0.2, 0.25) is 0 Å². The van der Waals surface area contributed by atoms with Crippen molar-refractivity contribution in [3.63, 3.8) is 0 Å². The molecule has 1 N–H and O–H groups in total. The Morgan fingerprint density at radius 3 is 2.93 bits per heavy atom. The monoisotopic (exact) mass is 243 g/mol. The summed E-state index contributed by atoms with van der Waals surface area (Å²) in [5.74, 6) is 2.39. The van der Waals surface area contributed by atoms with Crippen molar-refractivity contribution in [2.45, 2.75) is 44.4 Å². The third-order valence-corrected chi connectivity index (χ3v) is 4.38. The van der Waals surface area contributed by atoms with Gasteiger partial charge in [0, 0.05) is 6.04 Å². The van der Waals surface area contributed by atoms with Crippen LogP contribution in [0.2, 0.25) is 0 Å². The Bertz CT molecular complexity index is 374. The molecule has 15 heavy (non-hydrogen) atoms. The van der Waals surface area contributed by atoms with Gasteiger partial charge < -0.3 is 4.57 Å². The van der Waals surface area contributed by atoms with E-state index in [4.69, 9.17) is 12.2 Å². The average Bonchev–Trinajstić information content (AvgIpc) is 2.61. The molecule has 5 heteroatoms. The summed E-state index contributed by atoms with van der Waals surface area (Å²) >= 11 is 7.27. The van der Waals surface area contributed by atoms with Crippen molar-refractivity contribution in [3.05, 3.63) is 10.6 Å². The summed E-state index contributed by atoms with van der Waals surface area (Å²) in [6.45, 7) is 4.31. The van der Waals surface area contributed by atoms with Gasteiger partial charge in [-0.15, -0.1) is 0 Å². The van der Waals surface area contributed by atoms with Crippen LogP contribution < -0.4 is 0 Å². The van der Waals surface area contributed by atoms with Gasteiger partial charge in [-0.3, -0.25) is 5.10 Å². The van der Waals surface area contributed by atoms with Crippen molar-refractivity contribution in [1.29, 1.82) is 0 Å². The molecule has 1 atom stereocenters. The van der Waals surface area contributed by atoms with E-state index in [1.165, 1.54) is 25.0 Å². The Morgan fingerprint density at radius 1 is 1.53 bits per heavy atom. The first-order chi connectivity index (χ1) is 7.20. The molecule has 1 aliphatic heterocycles. The smallest absolute Gasteiger partial charge is 0.195 e. The van der Waals surface area contributed by atoms with Crippen LogP contribution in [0.15, 0.2) is 0 Å². The first-order valence-corrected chi connectivity index (χ1v) is 6.94. The summed E-state index contributed by atoms with van der Waals surface area (Å²) < 4.78 is 2.91. The van der Waals surface area contributed by atoms with Crippen LogP contribution in [0.5, 0.6) is 0 Å². The van der Waals surface area contributed by atoms with Gasteiger partial charge in [0.25, 0.3) is 0 Å². The van der Waals surface area contributed by atoms with Crippen molar-refractivity contribution in [3.8, 4) is 0 Å². The molecule has 1 aromatic heterocycles. The summed E-state index contributed by atoms with van der Waals surface area (Å²) in [6.07, 6.45) is 3.89. The number of nitrogens with one attached hydrogen (secondary N) is 1. The number of nitrogens with zero attached hydrogens (tertiary/aromatic N) is 2. The molecular formula is C10H17N3S2. The fourth-order valence-corrected chi connectivity index (χ4v) is 3.64. The topological polar surface area (TPSA) is 33.6 Å². The van der Waals surface area contributed by atoms with E-state index in [9.17, 15) is 0 Å².